The van der Waals surface area contributed by atoms with Crippen molar-refractivity contribution in [1.82, 2.24) is 15.1 Å². The first-order valence-electron chi connectivity index (χ1n) is 11.2. The van der Waals surface area contributed by atoms with Crippen LogP contribution in [-0.4, -0.2) is 54.0 Å². The number of likely N-dealkylation sites (tertiary alicyclic amines) is 1. The number of hydrogen-bond acceptors (Lipinski definition) is 2. The minimum atomic E-state index is -0.535. The first kappa shape index (κ1) is 21.1. The van der Waals surface area contributed by atoms with E-state index in [4.69, 9.17) is 0 Å². The number of nitrogens with one attached hydrogen (secondary N) is 1. The van der Waals surface area contributed by atoms with E-state index in [1.54, 1.807) is 4.90 Å². The molecule has 7 heteroatoms. The molecule has 1 aromatic carbocycles. The molecule has 30 heavy (non-hydrogen) atoms. The molecule has 0 radical (unpaired) electrons. The summed E-state index contributed by atoms with van der Waals surface area (Å²) < 4.78 is 27.0. The lowest BCUT2D eigenvalue weighted by atomic mass is 9.81. The van der Waals surface area contributed by atoms with Crippen LogP contribution in [0.2, 0.25) is 0 Å². The highest BCUT2D eigenvalue weighted by Gasteiger charge is 2.36. The predicted molar refractivity (Wildman–Crippen MR) is 110 cm³/mol. The number of carbonyl (C=O) groups excluding carboxylic acids is 2. The zero-order valence-electron chi connectivity index (χ0n) is 17.6. The van der Waals surface area contributed by atoms with Crippen molar-refractivity contribution < 1.29 is 18.4 Å². The van der Waals surface area contributed by atoms with Gasteiger partial charge in [0.25, 0.3) is 0 Å². The van der Waals surface area contributed by atoms with Crippen LogP contribution >= 0.6 is 0 Å². The molecular weight excluding hydrogens is 388 g/mol. The summed E-state index contributed by atoms with van der Waals surface area (Å²) in [6, 6.07) is 3.91. The van der Waals surface area contributed by atoms with Crippen molar-refractivity contribution in [3.05, 3.63) is 35.4 Å². The van der Waals surface area contributed by atoms with Gasteiger partial charge in [-0.3, -0.25) is 4.79 Å². The monoisotopic (exact) mass is 419 g/mol. The summed E-state index contributed by atoms with van der Waals surface area (Å²) >= 11 is 0. The van der Waals surface area contributed by atoms with Crippen molar-refractivity contribution in [2.75, 3.05) is 20.1 Å². The van der Waals surface area contributed by atoms with Gasteiger partial charge in [-0.25, -0.2) is 13.6 Å². The molecule has 3 amide bonds. The fraction of sp³-hybridized carbons (Fsp3) is 0.652. The van der Waals surface area contributed by atoms with E-state index in [0.29, 0.717) is 5.56 Å². The van der Waals surface area contributed by atoms with E-state index in [-0.39, 0.29) is 35.9 Å². The molecule has 0 atom stereocenters. The topological polar surface area (TPSA) is 52.7 Å². The average molecular weight is 420 g/mol. The molecule has 2 aliphatic carbocycles. The molecule has 0 bridgehead atoms. The van der Waals surface area contributed by atoms with Crippen LogP contribution in [0.5, 0.6) is 0 Å². The van der Waals surface area contributed by atoms with Gasteiger partial charge in [0, 0.05) is 44.2 Å². The number of urea groups is 1. The predicted octanol–water partition coefficient (Wildman–Crippen LogP) is 4.03. The number of nitrogens with zero attached hydrogens (tertiary/aromatic N) is 2. The molecule has 1 aromatic rings. The smallest absolute Gasteiger partial charge is 0.317 e. The summed E-state index contributed by atoms with van der Waals surface area (Å²) in [5.74, 6) is -0.398. The number of amides is 3. The fourth-order valence-electron chi connectivity index (χ4n) is 4.89. The molecule has 3 aliphatic rings. The molecule has 0 aromatic heterocycles. The van der Waals surface area contributed by atoms with Crippen LogP contribution < -0.4 is 5.32 Å². The van der Waals surface area contributed by atoms with Crippen LogP contribution in [-0.2, 0) is 4.79 Å². The minimum Gasteiger partial charge on any atom is -0.342 e. The normalized spacial score (nSPS) is 25.1. The van der Waals surface area contributed by atoms with E-state index in [1.807, 2.05) is 11.9 Å². The number of benzene rings is 1. The summed E-state index contributed by atoms with van der Waals surface area (Å²) in [6.07, 6.45) is 6.90. The Morgan fingerprint density at radius 1 is 0.933 bits per heavy atom. The van der Waals surface area contributed by atoms with Crippen molar-refractivity contribution in [3.63, 3.8) is 0 Å². The van der Waals surface area contributed by atoms with Crippen molar-refractivity contribution in [2.45, 2.75) is 69.4 Å². The van der Waals surface area contributed by atoms with Gasteiger partial charge in [-0.1, -0.05) is 0 Å². The van der Waals surface area contributed by atoms with Gasteiger partial charge in [-0.2, -0.15) is 0 Å². The molecular formula is C23H31F2N3O2. The Bertz CT molecular complexity index is 762. The molecule has 164 valence electrons. The first-order chi connectivity index (χ1) is 14.4. The van der Waals surface area contributed by atoms with Gasteiger partial charge >= 0.3 is 6.03 Å². The fourth-order valence-corrected chi connectivity index (χ4v) is 4.89. The summed E-state index contributed by atoms with van der Waals surface area (Å²) in [5, 5.41) is 3.13. The Morgan fingerprint density at radius 3 is 2.10 bits per heavy atom. The summed E-state index contributed by atoms with van der Waals surface area (Å²) in [7, 11) is 1.83. The van der Waals surface area contributed by atoms with Gasteiger partial charge in [0.15, 0.2) is 0 Å². The highest BCUT2D eigenvalue weighted by Crippen LogP contribution is 2.34. The van der Waals surface area contributed by atoms with Gasteiger partial charge in [0.2, 0.25) is 5.91 Å². The third kappa shape index (κ3) is 4.93. The van der Waals surface area contributed by atoms with Crippen molar-refractivity contribution >= 4 is 11.9 Å². The van der Waals surface area contributed by atoms with Gasteiger partial charge in [0.05, 0.1) is 0 Å². The van der Waals surface area contributed by atoms with Crippen LogP contribution in [0.1, 0.15) is 62.8 Å². The van der Waals surface area contributed by atoms with Crippen LogP contribution in [0.25, 0.3) is 0 Å². The number of rotatable bonds is 4. The molecule has 1 saturated heterocycles. The molecule has 0 unspecified atom stereocenters. The van der Waals surface area contributed by atoms with Gasteiger partial charge in [0.1, 0.15) is 11.6 Å². The van der Waals surface area contributed by atoms with E-state index >= 15 is 0 Å². The van der Waals surface area contributed by atoms with Crippen LogP contribution in [0, 0.1) is 17.6 Å². The number of halogens is 2. The van der Waals surface area contributed by atoms with Gasteiger partial charge in [-0.15, -0.1) is 0 Å². The Kier molecular flexibility index (Phi) is 6.25. The maximum absolute atomic E-state index is 13.5. The Labute approximate surface area is 176 Å². The maximum Gasteiger partial charge on any atom is 0.317 e. The Balaban J connectivity index is 1.22. The third-order valence-electron chi connectivity index (χ3n) is 6.98. The lowest BCUT2D eigenvalue weighted by Crippen LogP contribution is -2.52. The van der Waals surface area contributed by atoms with E-state index in [2.05, 4.69) is 5.32 Å². The first-order valence-corrected chi connectivity index (χ1v) is 11.2. The van der Waals surface area contributed by atoms with Gasteiger partial charge < -0.3 is 15.1 Å². The van der Waals surface area contributed by atoms with E-state index < -0.39 is 11.6 Å². The number of piperidine rings is 1. The van der Waals surface area contributed by atoms with Crippen LogP contribution in [0.15, 0.2) is 18.2 Å². The molecule has 4 rings (SSSR count). The quantitative estimate of drug-likeness (QED) is 0.801. The van der Waals surface area contributed by atoms with Crippen molar-refractivity contribution in [2.24, 2.45) is 5.92 Å². The second-order valence-electron chi connectivity index (χ2n) is 9.14. The van der Waals surface area contributed by atoms with Crippen LogP contribution in [0.4, 0.5) is 13.6 Å². The summed E-state index contributed by atoms with van der Waals surface area (Å²) in [6.45, 7) is 1.46. The summed E-state index contributed by atoms with van der Waals surface area (Å²) in [5.41, 5.74) is 0.710. The lowest BCUT2D eigenvalue weighted by molar-refractivity contribution is -0.133. The Hall–Kier alpha value is -2.18. The average Bonchev–Trinajstić information content (AvgIpc) is 3.58. The highest BCUT2D eigenvalue weighted by molar-refractivity contribution is 5.81. The van der Waals surface area contributed by atoms with Crippen LogP contribution in [0.3, 0.4) is 0 Å². The van der Waals surface area contributed by atoms with E-state index in [1.165, 1.54) is 12.1 Å². The lowest BCUT2D eigenvalue weighted by Gasteiger charge is -2.38. The summed E-state index contributed by atoms with van der Waals surface area (Å²) in [4.78, 5) is 28.7. The Morgan fingerprint density at radius 2 is 1.53 bits per heavy atom. The van der Waals surface area contributed by atoms with Crippen molar-refractivity contribution in [1.29, 1.82) is 0 Å². The molecule has 1 N–H and O–H groups in total. The molecule has 0 spiro atoms. The molecule has 2 saturated carbocycles. The zero-order valence-corrected chi connectivity index (χ0v) is 17.6. The van der Waals surface area contributed by atoms with E-state index in [0.717, 1.165) is 70.5 Å². The SMILES string of the molecule is CN(C(=O)N[C@H]1CC[C@H](c2cc(F)cc(F)c2)CC1)C1CCN(C(=O)C2CC2)CC1. The zero-order chi connectivity index (χ0) is 21.3. The van der Waals surface area contributed by atoms with E-state index in [9.17, 15) is 18.4 Å². The van der Waals surface area contributed by atoms with Crippen molar-refractivity contribution in [3.8, 4) is 0 Å². The standard InChI is InChI=1S/C23H31F2N3O2/c1-27(21-8-10-28(11-9-21)22(29)16-2-3-16)23(30)26-20-6-4-15(5-7-20)17-12-18(24)14-19(25)13-17/h12-16,20-21H,2-11H2,1H3,(H,26,30)/t15-,20-. The second kappa shape index (κ2) is 8.90. The second-order valence-corrected chi connectivity index (χ2v) is 9.14. The third-order valence-corrected chi connectivity index (χ3v) is 6.98. The molecule has 1 heterocycles. The maximum atomic E-state index is 13.5. The number of hydrogen-bond donors (Lipinski definition) is 1. The number of carbonyl (C=O) groups is 2. The minimum absolute atomic E-state index is 0.0674. The molecule has 1 aliphatic heterocycles. The molecule has 5 nitrogen and oxygen atoms in total. The molecule has 3 fully saturated rings. The highest BCUT2D eigenvalue weighted by atomic mass is 19.1. The van der Waals surface area contributed by atoms with Gasteiger partial charge in [-0.05, 0) is 75.0 Å². The largest absolute Gasteiger partial charge is 0.342 e.